The predicted molar refractivity (Wildman–Crippen MR) is 91.3 cm³/mol. The number of carbonyl (C=O) groups excluding carboxylic acids is 1. The van der Waals surface area contributed by atoms with Crippen molar-refractivity contribution < 1.29 is 4.79 Å². The van der Waals surface area contributed by atoms with Gasteiger partial charge in [-0.1, -0.05) is 18.2 Å². The van der Waals surface area contributed by atoms with E-state index in [1.807, 2.05) is 18.2 Å². The van der Waals surface area contributed by atoms with E-state index >= 15 is 0 Å². The summed E-state index contributed by atoms with van der Waals surface area (Å²) >= 11 is 4.65. The monoisotopic (exact) mass is 317 g/mol. The molecule has 0 spiro atoms. The first-order valence-electron chi connectivity index (χ1n) is 6.66. The van der Waals surface area contributed by atoms with Gasteiger partial charge in [0.25, 0.3) is 0 Å². The zero-order chi connectivity index (χ0) is 16.8. The summed E-state index contributed by atoms with van der Waals surface area (Å²) < 4.78 is 0. The smallest absolute Gasteiger partial charge is 0.234 e. The minimum atomic E-state index is -0.977. The number of hydrazone groups is 1. The third-order valence-corrected chi connectivity index (χ3v) is 2.95. The topological polar surface area (TPSA) is 94.5 Å². The van der Waals surface area contributed by atoms with Crippen LogP contribution in [0, 0.1) is 11.3 Å². The van der Waals surface area contributed by atoms with E-state index in [2.05, 4.69) is 28.8 Å². The SMILES string of the molecule is C/C(CC(=O)N(c1ccccc1)C(C)(C)C#N)=N\NC(N)=S. The van der Waals surface area contributed by atoms with E-state index in [0.717, 1.165) is 0 Å². The summed E-state index contributed by atoms with van der Waals surface area (Å²) in [5.41, 5.74) is 7.94. The molecule has 0 saturated carbocycles. The van der Waals surface area contributed by atoms with E-state index in [1.54, 1.807) is 32.9 Å². The van der Waals surface area contributed by atoms with Crippen molar-refractivity contribution >= 4 is 34.6 Å². The van der Waals surface area contributed by atoms with Crippen LogP contribution < -0.4 is 16.1 Å². The predicted octanol–water partition coefficient (Wildman–Crippen LogP) is 1.92. The molecular weight excluding hydrogens is 298 g/mol. The summed E-state index contributed by atoms with van der Waals surface area (Å²) in [4.78, 5) is 14.1. The van der Waals surface area contributed by atoms with Gasteiger partial charge in [-0.3, -0.25) is 15.1 Å². The molecule has 0 aromatic heterocycles. The third kappa shape index (κ3) is 4.82. The summed E-state index contributed by atoms with van der Waals surface area (Å²) in [5.74, 6) is -0.233. The molecule has 22 heavy (non-hydrogen) atoms. The lowest BCUT2D eigenvalue weighted by atomic mass is 10.0. The standard InChI is InChI=1S/C15H19N5OS/c1-11(18-19-14(17)22)9-13(21)20(15(2,3)10-16)12-7-5-4-6-8-12/h4-8H,9H2,1-3H3,(H3,17,19,22)/b18-11+. The number of nitrogens with two attached hydrogens (primary N) is 1. The van der Waals surface area contributed by atoms with E-state index in [4.69, 9.17) is 5.73 Å². The van der Waals surface area contributed by atoms with Gasteiger partial charge in [-0.25, -0.2) is 0 Å². The molecular formula is C15H19N5OS. The average Bonchev–Trinajstić information content (AvgIpc) is 2.46. The summed E-state index contributed by atoms with van der Waals surface area (Å²) in [7, 11) is 0. The highest BCUT2D eigenvalue weighted by Crippen LogP contribution is 2.24. The van der Waals surface area contributed by atoms with Crippen LogP contribution in [0.1, 0.15) is 27.2 Å². The minimum Gasteiger partial charge on any atom is -0.375 e. The van der Waals surface area contributed by atoms with Gasteiger partial charge in [-0.05, 0) is 45.1 Å². The Balaban J connectivity index is 3.03. The minimum absolute atomic E-state index is 0.0315. The molecule has 1 aromatic rings. The van der Waals surface area contributed by atoms with E-state index in [9.17, 15) is 10.1 Å². The van der Waals surface area contributed by atoms with Crippen molar-refractivity contribution in [2.45, 2.75) is 32.7 Å². The number of nitrogens with one attached hydrogen (secondary N) is 1. The second kappa shape index (κ2) is 7.52. The fourth-order valence-electron chi connectivity index (χ4n) is 1.89. The molecule has 0 aliphatic carbocycles. The van der Waals surface area contributed by atoms with Gasteiger partial charge >= 0.3 is 0 Å². The molecule has 0 atom stereocenters. The Morgan fingerprint density at radius 1 is 1.45 bits per heavy atom. The highest BCUT2D eigenvalue weighted by molar-refractivity contribution is 7.80. The molecule has 0 bridgehead atoms. The number of nitriles is 1. The maximum absolute atomic E-state index is 12.6. The van der Waals surface area contributed by atoms with Crippen LogP contribution in [0.4, 0.5) is 5.69 Å². The first-order valence-corrected chi connectivity index (χ1v) is 7.06. The largest absolute Gasteiger partial charge is 0.375 e. The third-order valence-electron chi connectivity index (χ3n) is 2.86. The molecule has 7 heteroatoms. The normalized spacial score (nSPS) is 11.5. The molecule has 6 nitrogen and oxygen atoms in total. The number of amides is 1. The van der Waals surface area contributed by atoms with Crippen LogP contribution in [0.25, 0.3) is 0 Å². The van der Waals surface area contributed by atoms with Gasteiger partial charge in [0.05, 0.1) is 12.5 Å². The molecule has 116 valence electrons. The Hall–Kier alpha value is -2.46. The molecule has 1 aromatic carbocycles. The zero-order valence-electron chi connectivity index (χ0n) is 12.8. The van der Waals surface area contributed by atoms with Crippen LogP contribution in [0.3, 0.4) is 0 Å². The molecule has 0 heterocycles. The van der Waals surface area contributed by atoms with Gasteiger partial charge in [0.1, 0.15) is 5.54 Å². The van der Waals surface area contributed by atoms with Gasteiger partial charge in [0, 0.05) is 11.4 Å². The summed E-state index contributed by atoms with van der Waals surface area (Å²) in [6, 6.07) is 11.2. The Bertz CT molecular complexity index is 619. The number of nitrogens with zero attached hydrogens (tertiary/aromatic N) is 3. The second-order valence-corrected chi connectivity index (χ2v) is 5.68. The van der Waals surface area contributed by atoms with Gasteiger partial charge in [0.15, 0.2) is 5.11 Å². The number of rotatable bonds is 5. The lowest BCUT2D eigenvalue weighted by Crippen LogP contribution is -2.47. The Morgan fingerprint density at radius 3 is 2.55 bits per heavy atom. The number of carbonyl (C=O) groups is 1. The molecule has 0 saturated heterocycles. The summed E-state index contributed by atoms with van der Waals surface area (Å²) in [6.45, 7) is 5.07. The maximum Gasteiger partial charge on any atom is 0.234 e. The number of benzene rings is 1. The molecule has 1 rings (SSSR count). The number of anilines is 1. The van der Waals surface area contributed by atoms with E-state index in [0.29, 0.717) is 11.4 Å². The number of para-hydroxylation sites is 1. The van der Waals surface area contributed by atoms with Crippen LogP contribution in [0.2, 0.25) is 0 Å². The first-order chi connectivity index (χ1) is 10.3. The molecule has 0 fully saturated rings. The quantitative estimate of drug-likeness (QED) is 0.491. The Labute approximate surface area is 135 Å². The lowest BCUT2D eigenvalue weighted by Gasteiger charge is -2.33. The van der Waals surface area contributed by atoms with Gasteiger partial charge in [-0.15, -0.1) is 0 Å². The number of thiocarbonyl (C=S) groups is 1. The van der Waals surface area contributed by atoms with Crippen molar-refractivity contribution in [2.75, 3.05) is 4.90 Å². The van der Waals surface area contributed by atoms with E-state index in [-0.39, 0.29) is 17.4 Å². The maximum atomic E-state index is 12.6. The van der Waals surface area contributed by atoms with Gasteiger partial charge < -0.3 is 5.73 Å². The van der Waals surface area contributed by atoms with Crippen LogP contribution in [-0.2, 0) is 4.79 Å². The molecule has 0 aliphatic rings. The second-order valence-electron chi connectivity index (χ2n) is 5.24. The number of hydrogen-bond acceptors (Lipinski definition) is 4. The first kappa shape index (κ1) is 17.6. The van der Waals surface area contributed by atoms with Crippen molar-refractivity contribution in [1.29, 1.82) is 5.26 Å². The summed E-state index contributed by atoms with van der Waals surface area (Å²) in [6.07, 6.45) is 0.0512. The van der Waals surface area contributed by atoms with Gasteiger partial charge in [-0.2, -0.15) is 10.4 Å². The lowest BCUT2D eigenvalue weighted by molar-refractivity contribution is -0.118. The summed E-state index contributed by atoms with van der Waals surface area (Å²) in [5, 5.41) is 13.3. The van der Waals surface area contributed by atoms with Crippen molar-refractivity contribution in [3.05, 3.63) is 30.3 Å². The Kier molecular flexibility index (Phi) is 6.01. The van der Waals surface area contributed by atoms with Crippen LogP contribution in [0.5, 0.6) is 0 Å². The van der Waals surface area contributed by atoms with Crippen molar-refractivity contribution in [1.82, 2.24) is 5.43 Å². The van der Waals surface area contributed by atoms with Crippen molar-refractivity contribution in [3.8, 4) is 6.07 Å². The van der Waals surface area contributed by atoms with Crippen LogP contribution >= 0.6 is 12.2 Å². The fourth-order valence-corrected chi connectivity index (χ4v) is 1.94. The van der Waals surface area contributed by atoms with Crippen LogP contribution in [-0.4, -0.2) is 22.3 Å². The molecule has 1 amide bonds. The Morgan fingerprint density at radius 2 is 2.05 bits per heavy atom. The molecule has 0 aliphatic heterocycles. The fraction of sp³-hybridized carbons (Fsp3) is 0.333. The molecule has 0 unspecified atom stereocenters. The van der Waals surface area contributed by atoms with Crippen LogP contribution in [0.15, 0.2) is 35.4 Å². The highest BCUT2D eigenvalue weighted by Gasteiger charge is 2.32. The highest BCUT2D eigenvalue weighted by atomic mass is 32.1. The molecule has 3 N–H and O–H groups in total. The average molecular weight is 317 g/mol. The number of hydrogen-bond donors (Lipinski definition) is 2. The van der Waals surface area contributed by atoms with E-state index in [1.165, 1.54) is 4.90 Å². The van der Waals surface area contributed by atoms with Gasteiger partial charge in [0.2, 0.25) is 5.91 Å². The zero-order valence-corrected chi connectivity index (χ0v) is 13.6. The van der Waals surface area contributed by atoms with Crippen molar-refractivity contribution in [3.63, 3.8) is 0 Å². The van der Waals surface area contributed by atoms with E-state index < -0.39 is 5.54 Å². The molecule has 0 radical (unpaired) electrons. The van der Waals surface area contributed by atoms with Crippen molar-refractivity contribution in [2.24, 2.45) is 10.8 Å².